The van der Waals surface area contributed by atoms with Gasteiger partial charge in [-0.05, 0) is 93.3 Å². The summed E-state index contributed by atoms with van der Waals surface area (Å²) in [7, 11) is 0. The van der Waals surface area contributed by atoms with Crippen molar-refractivity contribution >= 4 is 66.7 Å². The van der Waals surface area contributed by atoms with Crippen molar-refractivity contribution in [3.05, 3.63) is 77.7 Å². The highest BCUT2D eigenvalue weighted by Crippen LogP contribution is 2.33. The first-order chi connectivity index (χ1) is 20.1. The molecule has 0 unspecified atom stereocenters. The van der Waals surface area contributed by atoms with E-state index in [1.54, 1.807) is 38.2 Å². The number of carbonyl (C=O) groups excluding carboxylic acids is 1. The number of pyridine rings is 2. The molecular weight excluding hydrogens is 571 g/mol. The fourth-order valence-corrected chi connectivity index (χ4v) is 5.83. The van der Waals surface area contributed by atoms with Crippen LogP contribution in [-0.2, 0) is 4.79 Å². The number of nitriles is 1. The second-order valence-corrected chi connectivity index (χ2v) is 12.4. The summed E-state index contributed by atoms with van der Waals surface area (Å²) in [4.78, 5) is 21.9. The Hall–Kier alpha value is -4.08. The molecule has 0 radical (unpaired) electrons. The van der Waals surface area contributed by atoms with Gasteiger partial charge in [-0.3, -0.25) is 14.8 Å². The number of nitrogens with one attached hydrogen (secondary N) is 2. The zero-order valence-corrected chi connectivity index (χ0v) is 25.5. The Bertz CT molecular complexity index is 1690. The van der Waals surface area contributed by atoms with Crippen LogP contribution in [0.3, 0.4) is 0 Å². The van der Waals surface area contributed by atoms with Crippen LogP contribution in [0.4, 0.5) is 17.1 Å². The van der Waals surface area contributed by atoms with Crippen molar-refractivity contribution in [3.63, 3.8) is 0 Å². The van der Waals surface area contributed by atoms with Crippen molar-refractivity contribution in [1.82, 2.24) is 9.97 Å². The number of aliphatic hydroxyl groups excluding tert-OH is 2. The summed E-state index contributed by atoms with van der Waals surface area (Å²) in [6.07, 6.45) is 3.20. The van der Waals surface area contributed by atoms with E-state index >= 15 is 0 Å². The molecule has 4 N–H and O–H groups in total. The van der Waals surface area contributed by atoms with Gasteiger partial charge < -0.3 is 25.6 Å². The number of anilines is 3. The van der Waals surface area contributed by atoms with E-state index in [-0.39, 0.29) is 16.0 Å². The molecule has 42 heavy (non-hydrogen) atoms. The highest BCUT2D eigenvalue weighted by atomic mass is 32.1. The summed E-state index contributed by atoms with van der Waals surface area (Å²) in [5.41, 5.74) is 4.68. The number of benzene rings is 2. The molecule has 0 spiro atoms. The first-order valence-corrected chi connectivity index (χ1v) is 15.3. The van der Waals surface area contributed by atoms with Crippen molar-refractivity contribution in [2.75, 3.05) is 22.1 Å². The number of nitrogens with zero attached hydrogens (tertiary/aromatic N) is 3. The van der Waals surface area contributed by atoms with E-state index in [4.69, 9.17) is 4.74 Å². The molecular formula is C31H33N5O4S2. The fourth-order valence-electron chi connectivity index (χ4n) is 4.07. The number of amides is 1. The third-order valence-electron chi connectivity index (χ3n) is 6.26. The van der Waals surface area contributed by atoms with E-state index in [0.29, 0.717) is 73.5 Å². The summed E-state index contributed by atoms with van der Waals surface area (Å²) in [6, 6.07) is 17.0. The summed E-state index contributed by atoms with van der Waals surface area (Å²) in [5, 5.41) is 36.6. The largest absolute Gasteiger partial charge is 0.455 e. The Kier molecular flexibility index (Phi) is 10.4. The van der Waals surface area contributed by atoms with Gasteiger partial charge in [0.05, 0.1) is 39.0 Å². The van der Waals surface area contributed by atoms with Gasteiger partial charge in [0, 0.05) is 28.7 Å². The van der Waals surface area contributed by atoms with Gasteiger partial charge in [-0.1, -0.05) is 0 Å². The van der Waals surface area contributed by atoms with Crippen molar-refractivity contribution in [2.45, 2.75) is 27.7 Å². The first-order valence-electron chi connectivity index (χ1n) is 13.1. The number of fused-ring (bicyclic) bond motifs is 1. The lowest BCUT2D eigenvalue weighted by atomic mass is 10.1. The van der Waals surface area contributed by atoms with E-state index < -0.39 is 5.92 Å². The molecule has 9 nitrogen and oxygen atoms in total. The molecule has 0 fully saturated rings. The average molecular weight is 604 g/mol. The summed E-state index contributed by atoms with van der Waals surface area (Å²) < 4.78 is 5.99. The van der Waals surface area contributed by atoms with Gasteiger partial charge >= 0.3 is 0 Å². The van der Waals surface area contributed by atoms with Crippen molar-refractivity contribution in [2.24, 2.45) is 5.92 Å². The van der Waals surface area contributed by atoms with Gasteiger partial charge in [0.25, 0.3) is 0 Å². The van der Waals surface area contributed by atoms with Crippen LogP contribution in [0, 0.1) is 31.1 Å². The van der Waals surface area contributed by atoms with Gasteiger partial charge in [-0.15, -0.1) is 0 Å². The SMILES string of the molecule is CC(O)=[SH]CC(C[SH]=C(C)O)C(=O)Nc1ccc2ncc(C#N)c(Nc3ccc(Oc4ccc(C)nc4)c(C)c3)c2c1. The molecule has 0 saturated heterocycles. The maximum atomic E-state index is 13.2. The third kappa shape index (κ3) is 8.24. The van der Waals surface area contributed by atoms with E-state index in [1.165, 1.54) is 6.20 Å². The Labute approximate surface area is 252 Å². The number of ether oxygens (including phenoxy) is 1. The molecule has 2 aromatic heterocycles. The predicted octanol–water partition coefficient (Wildman–Crippen LogP) is 6.56. The standard InChI is InChI=1S/C31H33N5O4S2/c1-18-11-24(7-10-29(18)40-26-8-5-19(2)33-15-26)35-30-22(13-32)14-34-28-9-6-25(12-27(28)30)36-31(39)23(16-41-20(3)37)17-42-21(4)38/h5-12,14-15,23,37-38,41-42H,16-17H2,1-4H3,(H,34,35)(H,36,39). The molecule has 218 valence electrons. The molecule has 2 heterocycles. The number of aryl methyl sites for hydroxylation is 2. The monoisotopic (exact) mass is 603 g/mol. The Balaban J connectivity index is 1.61. The van der Waals surface area contributed by atoms with Gasteiger partial charge in [0.15, 0.2) is 0 Å². The molecule has 0 atom stereocenters. The smallest absolute Gasteiger partial charge is 0.229 e. The summed E-state index contributed by atoms with van der Waals surface area (Å²) in [6.45, 7) is 7.05. The van der Waals surface area contributed by atoms with Crippen LogP contribution in [0.2, 0.25) is 0 Å². The molecule has 0 aliphatic heterocycles. The molecule has 4 rings (SSSR count). The minimum absolute atomic E-state index is 0.217. The Morgan fingerprint density at radius 2 is 1.69 bits per heavy atom. The maximum Gasteiger partial charge on any atom is 0.229 e. The van der Waals surface area contributed by atoms with Crippen LogP contribution in [0.25, 0.3) is 10.9 Å². The fraction of sp³-hybridized carbons (Fsp3) is 0.226. The summed E-state index contributed by atoms with van der Waals surface area (Å²) >= 11 is 1.32. The lowest BCUT2D eigenvalue weighted by Crippen LogP contribution is -2.26. The van der Waals surface area contributed by atoms with Crippen LogP contribution < -0.4 is 15.4 Å². The molecule has 0 bridgehead atoms. The minimum atomic E-state index is -0.422. The van der Waals surface area contributed by atoms with Crippen molar-refractivity contribution in [3.8, 4) is 17.6 Å². The number of aliphatic hydroxyl groups is 2. The average Bonchev–Trinajstić information content (AvgIpc) is 2.95. The molecule has 0 saturated carbocycles. The quantitative estimate of drug-likeness (QED) is 0.0885. The summed E-state index contributed by atoms with van der Waals surface area (Å²) in [5.74, 6) is 1.54. The lowest BCUT2D eigenvalue weighted by molar-refractivity contribution is -0.118. The number of hydrogen-bond acceptors (Lipinski definition) is 6. The van der Waals surface area contributed by atoms with Crippen molar-refractivity contribution < 1.29 is 19.7 Å². The molecule has 4 aromatic rings. The van der Waals surface area contributed by atoms with Crippen molar-refractivity contribution in [1.29, 1.82) is 5.26 Å². The predicted molar refractivity (Wildman–Crippen MR) is 176 cm³/mol. The van der Waals surface area contributed by atoms with Crippen LogP contribution >= 0.6 is 22.7 Å². The number of hydrogen-bond donors (Lipinski definition) is 6. The zero-order chi connectivity index (χ0) is 30.2. The van der Waals surface area contributed by atoms with Gasteiger partial charge in [0.2, 0.25) is 5.91 Å². The zero-order valence-electron chi connectivity index (χ0n) is 23.7. The van der Waals surface area contributed by atoms with Crippen LogP contribution in [0.5, 0.6) is 11.5 Å². The van der Waals surface area contributed by atoms with E-state index in [2.05, 4.69) is 26.7 Å². The third-order valence-corrected chi connectivity index (χ3v) is 8.43. The second kappa shape index (κ2) is 14.2. The Morgan fingerprint density at radius 3 is 2.31 bits per heavy atom. The van der Waals surface area contributed by atoms with Crippen LogP contribution in [-0.4, -0.2) is 47.7 Å². The normalized spacial score (nSPS) is 12.9. The van der Waals surface area contributed by atoms with Gasteiger partial charge in [0.1, 0.15) is 17.6 Å². The first kappa shape index (κ1) is 30.9. The number of carbonyl (C=O) groups is 1. The van der Waals surface area contributed by atoms with Crippen LogP contribution in [0.15, 0.2) is 60.9 Å². The van der Waals surface area contributed by atoms with E-state index in [0.717, 1.165) is 16.9 Å². The molecule has 1 amide bonds. The highest BCUT2D eigenvalue weighted by Gasteiger charge is 2.18. The molecule has 11 heteroatoms. The van der Waals surface area contributed by atoms with E-state index in [1.807, 2.05) is 44.2 Å². The van der Waals surface area contributed by atoms with Gasteiger partial charge in [-0.2, -0.15) is 28.0 Å². The molecule has 2 aromatic carbocycles. The molecule has 0 aliphatic carbocycles. The number of rotatable bonds is 10. The highest BCUT2D eigenvalue weighted by molar-refractivity contribution is 7.99. The van der Waals surface area contributed by atoms with E-state index in [9.17, 15) is 20.3 Å². The topological polar surface area (TPSA) is 140 Å². The minimum Gasteiger partial charge on any atom is -0.455 e. The van der Waals surface area contributed by atoms with Crippen LogP contribution in [0.1, 0.15) is 30.7 Å². The van der Waals surface area contributed by atoms with Gasteiger partial charge in [-0.25, -0.2) is 0 Å². The Morgan fingerprint density at radius 1 is 0.976 bits per heavy atom. The number of thiol groups is 2. The molecule has 0 aliphatic rings. The lowest BCUT2D eigenvalue weighted by Gasteiger charge is -2.16. The maximum absolute atomic E-state index is 13.2. The number of aromatic nitrogens is 2. The second-order valence-electron chi connectivity index (χ2n) is 9.70.